The molecule has 1 aliphatic rings. The molecule has 0 spiro atoms. The zero-order chi connectivity index (χ0) is 15.5. The number of halogens is 3. The molecule has 0 bridgehead atoms. The molecule has 1 aromatic rings. The minimum absolute atomic E-state index is 0.0599. The predicted molar refractivity (Wildman–Crippen MR) is 79.0 cm³/mol. The van der Waals surface area contributed by atoms with E-state index in [0.717, 1.165) is 25.8 Å². The van der Waals surface area contributed by atoms with E-state index in [0.29, 0.717) is 16.8 Å². The van der Waals surface area contributed by atoms with Crippen molar-refractivity contribution < 1.29 is 13.2 Å². The summed E-state index contributed by atoms with van der Waals surface area (Å²) in [5.74, 6) is 0.937. The van der Waals surface area contributed by atoms with Gasteiger partial charge < -0.3 is 10.2 Å². The summed E-state index contributed by atoms with van der Waals surface area (Å²) in [6, 6.07) is 1.55. The third-order valence-electron chi connectivity index (χ3n) is 3.06. The number of aromatic nitrogens is 2. The van der Waals surface area contributed by atoms with E-state index in [2.05, 4.69) is 15.3 Å². The van der Waals surface area contributed by atoms with Gasteiger partial charge in [0.25, 0.3) is 0 Å². The Hall–Kier alpha value is -1.18. The quantitative estimate of drug-likeness (QED) is 0.614. The SMILES string of the molecule is CCCNc1cc(N(CC(F)(F)F)C2CC2)nc(SC)n1. The van der Waals surface area contributed by atoms with Gasteiger partial charge in [-0.2, -0.15) is 13.2 Å². The minimum atomic E-state index is -4.23. The summed E-state index contributed by atoms with van der Waals surface area (Å²) in [5, 5.41) is 3.60. The van der Waals surface area contributed by atoms with E-state index >= 15 is 0 Å². The monoisotopic (exact) mass is 320 g/mol. The number of hydrogen-bond donors (Lipinski definition) is 1. The van der Waals surface area contributed by atoms with Gasteiger partial charge in [0.05, 0.1) is 0 Å². The lowest BCUT2D eigenvalue weighted by atomic mass is 10.4. The van der Waals surface area contributed by atoms with E-state index in [1.165, 1.54) is 16.7 Å². The number of alkyl halides is 3. The maximum absolute atomic E-state index is 12.8. The van der Waals surface area contributed by atoms with E-state index in [1.54, 1.807) is 6.07 Å². The molecule has 2 rings (SSSR count). The Bertz CT molecular complexity index is 477. The molecule has 0 amide bonds. The lowest BCUT2D eigenvalue weighted by Gasteiger charge is -2.25. The molecule has 118 valence electrons. The average molecular weight is 320 g/mol. The van der Waals surface area contributed by atoms with Crippen LogP contribution in [0, 0.1) is 0 Å². The fourth-order valence-corrected chi connectivity index (χ4v) is 2.35. The lowest BCUT2D eigenvalue weighted by Crippen LogP contribution is -2.36. The van der Waals surface area contributed by atoms with E-state index < -0.39 is 12.7 Å². The van der Waals surface area contributed by atoms with Crippen LogP contribution in [0.4, 0.5) is 24.8 Å². The highest BCUT2D eigenvalue weighted by atomic mass is 32.2. The maximum atomic E-state index is 12.8. The Morgan fingerprint density at radius 2 is 2.10 bits per heavy atom. The van der Waals surface area contributed by atoms with Crippen LogP contribution in [0.25, 0.3) is 0 Å². The van der Waals surface area contributed by atoms with Gasteiger partial charge >= 0.3 is 6.18 Å². The van der Waals surface area contributed by atoms with Crippen molar-refractivity contribution >= 4 is 23.4 Å². The number of thioether (sulfide) groups is 1. The molecule has 8 heteroatoms. The summed E-state index contributed by atoms with van der Waals surface area (Å²) in [4.78, 5) is 9.87. The van der Waals surface area contributed by atoms with Gasteiger partial charge in [-0.15, -0.1) is 0 Å². The van der Waals surface area contributed by atoms with Crippen molar-refractivity contribution in [3.8, 4) is 0 Å². The predicted octanol–water partition coefficient (Wildman–Crippen LogP) is 3.55. The first-order valence-corrected chi connectivity index (χ1v) is 8.15. The zero-order valence-electron chi connectivity index (χ0n) is 12.1. The Morgan fingerprint density at radius 3 is 2.62 bits per heavy atom. The van der Waals surface area contributed by atoms with Gasteiger partial charge in [-0.1, -0.05) is 18.7 Å². The van der Waals surface area contributed by atoms with Crippen LogP contribution in [0.5, 0.6) is 0 Å². The molecule has 0 atom stereocenters. The van der Waals surface area contributed by atoms with Crippen LogP contribution in [0.1, 0.15) is 26.2 Å². The Morgan fingerprint density at radius 1 is 1.38 bits per heavy atom. The van der Waals surface area contributed by atoms with Gasteiger partial charge in [0.2, 0.25) is 0 Å². The molecule has 0 aromatic carbocycles. The first-order valence-electron chi connectivity index (χ1n) is 6.93. The summed E-state index contributed by atoms with van der Waals surface area (Å²) in [6.45, 7) is 1.79. The lowest BCUT2D eigenvalue weighted by molar-refractivity contribution is -0.120. The molecule has 0 aliphatic heterocycles. The van der Waals surface area contributed by atoms with Gasteiger partial charge in [-0.3, -0.25) is 0 Å². The highest BCUT2D eigenvalue weighted by Crippen LogP contribution is 2.34. The number of rotatable bonds is 7. The van der Waals surface area contributed by atoms with Crippen molar-refractivity contribution in [2.45, 2.75) is 43.6 Å². The number of hydrogen-bond acceptors (Lipinski definition) is 5. The van der Waals surface area contributed by atoms with Crippen LogP contribution in [0.2, 0.25) is 0 Å². The highest BCUT2D eigenvalue weighted by molar-refractivity contribution is 7.98. The molecule has 1 fully saturated rings. The van der Waals surface area contributed by atoms with Crippen molar-refractivity contribution in [2.75, 3.05) is 29.6 Å². The topological polar surface area (TPSA) is 41.0 Å². The molecule has 1 aromatic heterocycles. The Labute approximate surface area is 126 Å². The summed E-state index contributed by atoms with van der Waals surface area (Å²) in [6.07, 6.45) is 0.0691. The van der Waals surface area contributed by atoms with Crippen molar-refractivity contribution in [3.63, 3.8) is 0 Å². The van der Waals surface area contributed by atoms with Gasteiger partial charge in [-0.05, 0) is 25.5 Å². The fourth-order valence-electron chi connectivity index (χ4n) is 1.97. The zero-order valence-corrected chi connectivity index (χ0v) is 12.9. The second-order valence-electron chi connectivity index (χ2n) is 5.00. The second-order valence-corrected chi connectivity index (χ2v) is 5.77. The average Bonchev–Trinajstić information content (AvgIpc) is 3.25. The van der Waals surface area contributed by atoms with E-state index in [-0.39, 0.29) is 6.04 Å². The summed E-state index contributed by atoms with van der Waals surface area (Å²) in [5.41, 5.74) is 0. The molecule has 21 heavy (non-hydrogen) atoms. The maximum Gasteiger partial charge on any atom is 0.405 e. The van der Waals surface area contributed by atoms with Crippen molar-refractivity contribution in [1.82, 2.24) is 9.97 Å². The van der Waals surface area contributed by atoms with Gasteiger partial charge in [-0.25, -0.2) is 9.97 Å². The van der Waals surface area contributed by atoms with E-state index in [9.17, 15) is 13.2 Å². The summed E-state index contributed by atoms with van der Waals surface area (Å²) >= 11 is 1.33. The van der Waals surface area contributed by atoms with Crippen LogP contribution < -0.4 is 10.2 Å². The molecule has 0 radical (unpaired) electrons. The van der Waals surface area contributed by atoms with Crippen molar-refractivity contribution in [3.05, 3.63) is 6.07 Å². The smallest absolute Gasteiger partial charge is 0.370 e. The molecular weight excluding hydrogens is 301 g/mol. The summed E-state index contributed by atoms with van der Waals surface area (Å²) < 4.78 is 38.3. The molecule has 1 aliphatic carbocycles. The largest absolute Gasteiger partial charge is 0.405 e. The van der Waals surface area contributed by atoms with Gasteiger partial charge in [0.15, 0.2) is 5.16 Å². The first-order chi connectivity index (χ1) is 9.93. The molecular formula is C13H19F3N4S. The Kier molecular flexibility index (Phi) is 5.18. The highest BCUT2D eigenvalue weighted by Gasteiger charge is 2.39. The molecule has 0 saturated heterocycles. The Balaban J connectivity index is 2.25. The van der Waals surface area contributed by atoms with E-state index in [4.69, 9.17) is 0 Å². The molecule has 4 nitrogen and oxygen atoms in total. The fraction of sp³-hybridized carbons (Fsp3) is 0.692. The normalized spacial score (nSPS) is 15.1. The van der Waals surface area contributed by atoms with Crippen LogP contribution in [-0.4, -0.2) is 41.5 Å². The van der Waals surface area contributed by atoms with Gasteiger partial charge in [0, 0.05) is 18.7 Å². The van der Waals surface area contributed by atoms with Gasteiger partial charge in [0.1, 0.15) is 18.2 Å². The third-order valence-corrected chi connectivity index (χ3v) is 3.61. The van der Waals surface area contributed by atoms with Crippen molar-refractivity contribution in [2.24, 2.45) is 0 Å². The van der Waals surface area contributed by atoms with E-state index in [1.807, 2.05) is 13.2 Å². The van der Waals surface area contributed by atoms with Crippen LogP contribution in [-0.2, 0) is 0 Å². The molecule has 1 N–H and O–H groups in total. The number of nitrogens with zero attached hydrogens (tertiary/aromatic N) is 3. The standard InChI is InChI=1S/C13H19F3N4S/c1-3-6-17-10-7-11(19-12(18-10)21-2)20(9-4-5-9)8-13(14,15)16/h7,9H,3-6,8H2,1-2H3,(H,17,18,19). The summed E-state index contributed by atoms with van der Waals surface area (Å²) in [7, 11) is 0. The van der Waals surface area contributed by atoms with Crippen LogP contribution >= 0.6 is 11.8 Å². The second kappa shape index (κ2) is 6.72. The molecule has 1 saturated carbocycles. The molecule has 1 heterocycles. The van der Waals surface area contributed by atoms with Crippen LogP contribution in [0.15, 0.2) is 11.2 Å². The number of anilines is 2. The minimum Gasteiger partial charge on any atom is -0.370 e. The molecule has 0 unspecified atom stereocenters. The third kappa shape index (κ3) is 4.94. The van der Waals surface area contributed by atoms with Crippen LogP contribution in [0.3, 0.4) is 0 Å². The number of nitrogens with one attached hydrogen (secondary N) is 1. The first kappa shape index (κ1) is 16.2. The van der Waals surface area contributed by atoms with Crippen molar-refractivity contribution in [1.29, 1.82) is 0 Å².